The Morgan fingerprint density at radius 3 is 2.19 bits per heavy atom. The minimum absolute atomic E-state index is 0.441. The van der Waals surface area contributed by atoms with Gasteiger partial charge in [-0.2, -0.15) is 5.48 Å². The lowest BCUT2D eigenvalue weighted by Gasteiger charge is -2.01. The Labute approximate surface area is 161 Å². The van der Waals surface area contributed by atoms with Gasteiger partial charge < -0.3 is 0 Å². The molecule has 0 aliphatic carbocycles. The molecule has 134 valence electrons. The van der Waals surface area contributed by atoms with Gasteiger partial charge in [0, 0.05) is 10.1 Å². The van der Waals surface area contributed by atoms with Crippen molar-refractivity contribution in [3.63, 3.8) is 0 Å². The smallest absolute Gasteiger partial charge is 0.222 e. The van der Waals surface area contributed by atoms with Crippen molar-refractivity contribution >= 4 is 17.7 Å². The second-order valence-electron chi connectivity index (χ2n) is 5.61. The van der Waals surface area contributed by atoms with E-state index in [0.717, 1.165) is 16.3 Å². The Morgan fingerprint density at radius 2 is 1.48 bits per heavy atom. The third kappa shape index (κ3) is 4.33. The van der Waals surface area contributed by atoms with Crippen LogP contribution in [-0.2, 0) is 4.84 Å². The molecule has 0 fully saturated rings. The monoisotopic (exact) mass is 376 g/mol. The molecule has 0 unspecified atom stereocenters. The number of para-hydroxylation sites is 2. The van der Waals surface area contributed by atoms with Gasteiger partial charge in [0.15, 0.2) is 0 Å². The molecule has 6 nitrogen and oxygen atoms in total. The van der Waals surface area contributed by atoms with Crippen LogP contribution < -0.4 is 10.2 Å². The Morgan fingerprint density at radius 1 is 0.852 bits per heavy atom. The maximum Gasteiger partial charge on any atom is 0.430 e. The van der Waals surface area contributed by atoms with E-state index in [1.54, 1.807) is 21.2 Å². The molecule has 7 heteroatoms. The minimum atomic E-state index is 0.441. The summed E-state index contributed by atoms with van der Waals surface area (Å²) < 4.78 is 1.71. The van der Waals surface area contributed by atoms with E-state index < -0.39 is 0 Å². The van der Waals surface area contributed by atoms with Crippen LogP contribution in [0.4, 0.5) is 5.95 Å². The van der Waals surface area contributed by atoms with E-state index in [0.29, 0.717) is 11.9 Å². The van der Waals surface area contributed by atoms with E-state index in [1.807, 2.05) is 91.0 Å². The molecule has 4 aromatic rings. The summed E-state index contributed by atoms with van der Waals surface area (Å²) >= 11 is 1.60. The van der Waals surface area contributed by atoms with Crippen molar-refractivity contribution in [2.24, 2.45) is 0 Å². The molecule has 0 atom stereocenters. The van der Waals surface area contributed by atoms with Crippen molar-refractivity contribution in [2.45, 2.75) is 4.90 Å². The highest BCUT2D eigenvalue weighted by atomic mass is 32.2. The normalized spacial score (nSPS) is 10.7. The van der Waals surface area contributed by atoms with Gasteiger partial charge in [-0.05, 0) is 41.2 Å². The molecule has 1 heterocycles. The Bertz CT molecular complexity index is 977. The van der Waals surface area contributed by atoms with Crippen molar-refractivity contribution in [2.75, 3.05) is 11.4 Å². The summed E-state index contributed by atoms with van der Waals surface area (Å²) in [6.45, 7) is 0. The molecule has 0 saturated heterocycles. The second-order valence-corrected chi connectivity index (χ2v) is 6.60. The van der Waals surface area contributed by atoms with E-state index in [2.05, 4.69) is 15.8 Å². The molecule has 0 spiro atoms. The molecule has 0 bridgehead atoms. The minimum Gasteiger partial charge on any atom is -0.222 e. The fourth-order valence-corrected chi connectivity index (χ4v) is 3.07. The van der Waals surface area contributed by atoms with Gasteiger partial charge >= 0.3 is 5.95 Å². The summed E-state index contributed by atoms with van der Waals surface area (Å²) in [5, 5.41) is 9.09. The van der Waals surface area contributed by atoms with Crippen LogP contribution in [0.25, 0.3) is 11.4 Å². The lowest BCUT2D eigenvalue weighted by Crippen LogP contribution is -2.36. The van der Waals surface area contributed by atoms with E-state index in [9.17, 15) is 0 Å². The lowest BCUT2D eigenvalue weighted by atomic mass is 10.3. The highest BCUT2D eigenvalue weighted by Crippen LogP contribution is 2.17. The molecule has 0 amide bonds. The maximum absolute atomic E-state index is 5.61. The first-order valence-electron chi connectivity index (χ1n) is 8.46. The zero-order valence-corrected chi connectivity index (χ0v) is 15.3. The number of hydrogen-bond donors (Lipinski definition) is 1. The quantitative estimate of drug-likeness (QED) is 0.175. The fourth-order valence-electron chi connectivity index (χ4n) is 2.46. The zero-order valence-electron chi connectivity index (χ0n) is 14.5. The van der Waals surface area contributed by atoms with Gasteiger partial charge in [0.05, 0.1) is 5.10 Å². The average Bonchev–Trinajstić information content (AvgIpc) is 3.17. The molecule has 0 aliphatic heterocycles. The summed E-state index contributed by atoms with van der Waals surface area (Å²) in [5.41, 5.74) is 4.68. The van der Waals surface area contributed by atoms with Crippen LogP contribution in [0.3, 0.4) is 0 Å². The fraction of sp³-hybridized carbons (Fsp3) is 0.0500. The van der Waals surface area contributed by atoms with Crippen LogP contribution in [0, 0.1) is 0 Å². The van der Waals surface area contributed by atoms with Crippen molar-refractivity contribution in [1.29, 1.82) is 0 Å². The third-order valence-electron chi connectivity index (χ3n) is 3.74. The number of tetrazole rings is 1. The largest absolute Gasteiger partial charge is 0.430 e. The highest BCUT2D eigenvalue weighted by molar-refractivity contribution is 7.99. The van der Waals surface area contributed by atoms with Crippen molar-refractivity contribution in [3.8, 4) is 11.4 Å². The summed E-state index contributed by atoms with van der Waals surface area (Å²) in [5.74, 6) is 0.940. The predicted molar refractivity (Wildman–Crippen MR) is 105 cm³/mol. The van der Waals surface area contributed by atoms with Crippen LogP contribution >= 0.6 is 11.8 Å². The highest BCUT2D eigenvalue weighted by Gasteiger charge is 2.21. The molecule has 1 N–H and O–H groups in total. The molecule has 0 aliphatic rings. The van der Waals surface area contributed by atoms with E-state index in [4.69, 9.17) is 4.84 Å². The lowest BCUT2D eigenvalue weighted by molar-refractivity contribution is -0.649. The molecule has 4 rings (SSSR count). The predicted octanol–water partition coefficient (Wildman–Crippen LogP) is 3.64. The molecule has 27 heavy (non-hydrogen) atoms. The van der Waals surface area contributed by atoms with Crippen molar-refractivity contribution < 1.29 is 9.52 Å². The van der Waals surface area contributed by atoms with Gasteiger partial charge in [0.2, 0.25) is 0 Å². The van der Waals surface area contributed by atoms with Crippen LogP contribution in [0.1, 0.15) is 0 Å². The summed E-state index contributed by atoms with van der Waals surface area (Å²) in [6.07, 6.45) is 0. The maximum atomic E-state index is 5.61. The number of hydrogen-bond acceptors (Lipinski definition) is 5. The third-order valence-corrected chi connectivity index (χ3v) is 4.58. The van der Waals surface area contributed by atoms with Gasteiger partial charge in [0.1, 0.15) is 17.3 Å². The number of anilines is 1. The van der Waals surface area contributed by atoms with Crippen LogP contribution in [0.15, 0.2) is 95.9 Å². The number of rotatable bonds is 7. The topological polar surface area (TPSA) is 55.9 Å². The zero-order chi connectivity index (χ0) is 18.3. The summed E-state index contributed by atoms with van der Waals surface area (Å²) in [6, 6.07) is 29.7. The average molecular weight is 376 g/mol. The van der Waals surface area contributed by atoms with Gasteiger partial charge in [-0.25, -0.2) is 4.84 Å². The van der Waals surface area contributed by atoms with Crippen LogP contribution in [0.5, 0.6) is 0 Å². The van der Waals surface area contributed by atoms with E-state index >= 15 is 0 Å². The van der Waals surface area contributed by atoms with Gasteiger partial charge in [-0.15, -0.1) is 0 Å². The van der Waals surface area contributed by atoms with E-state index in [-0.39, 0.29) is 0 Å². The summed E-state index contributed by atoms with van der Waals surface area (Å²) in [7, 11) is 0. The Balaban J connectivity index is 1.52. The van der Waals surface area contributed by atoms with Crippen LogP contribution in [-0.4, -0.2) is 21.0 Å². The molecule has 3 aromatic carbocycles. The SMILES string of the molecule is c1ccc(SCONc2nn(-c3ccccc3)n[n+]2-c2ccccc2)cc1. The first-order chi connectivity index (χ1) is 13.4. The van der Waals surface area contributed by atoms with Crippen molar-refractivity contribution in [3.05, 3.63) is 91.0 Å². The number of thioether (sulfide) groups is 1. The van der Waals surface area contributed by atoms with Gasteiger partial charge in [-0.1, -0.05) is 71.0 Å². The molecular formula is C20H18N5OS+. The molecule has 1 aromatic heterocycles. The number of aromatic nitrogens is 4. The Kier molecular flexibility index (Phi) is 5.42. The summed E-state index contributed by atoms with van der Waals surface area (Å²) in [4.78, 5) is 8.33. The second kappa shape index (κ2) is 8.48. The van der Waals surface area contributed by atoms with Gasteiger partial charge in [-0.3, -0.25) is 0 Å². The first kappa shape index (κ1) is 17.3. The standard InChI is InChI=1S/C20H18N5OS/c1-4-10-17(11-5-1)24-20(21-25(23-24)18-12-6-2-7-13-18)22-26-16-27-19-14-8-3-9-15-19/h1-15H,16H2,(H,21,22,23)/q+1. The number of benzene rings is 3. The number of nitrogens with one attached hydrogen (secondary N) is 1. The Hall–Kier alpha value is -3.16. The van der Waals surface area contributed by atoms with Gasteiger partial charge in [0.25, 0.3) is 0 Å². The van der Waals surface area contributed by atoms with E-state index in [1.165, 1.54) is 0 Å². The molecule has 0 saturated carbocycles. The van der Waals surface area contributed by atoms with Crippen molar-refractivity contribution in [1.82, 2.24) is 15.1 Å². The molecule has 0 radical (unpaired) electrons. The van der Waals surface area contributed by atoms with Crippen LogP contribution in [0.2, 0.25) is 0 Å². The first-order valence-corrected chi connectivity index (χ1v) is 9.45. The number of nitrogens with zero attached hydrogens (tertiary/aromatic N) is 4. The molecular weight excluding hydrogens is 358 g/mol.